The molecule has 1 saturated heterocycles. The Bertz CT molecular complexity index is 1120. The van der Waals surface area contributed by atoms with Gasteiger partial charge in [-0.25, -0.2) is 9.67 Å². The predicted octanol–water partition coefficient (Wildman–Crippen LogP) is 4.84. The molecule has 0 bridgehead atoms. The van der Waals surface area contributed by atoms with Crippen LogP contribution in [0.1, 0.15) is 41.5 Å². The highest BCUT2D eigenvalue weighted by Gasteiger charge is 2.31. The predicted molar refractivity (Wildman–Crippen MR) is 119 cm³/mol. The molecule has 0 spiro atoms. The number of benzene rings is 1. The number of halogens is 3. The number of ether oxygens (including phenoxy) is 1. The van der Waals surface area contributed by atoms with Crippen molar-refractivity contribution in [3.05, 3.63) is 52.8 Å². The van der Waals surface area contributed by atoms with Crippen molar-refractivity contribution in [2.45, 2.75) is 32.5 Å². The van der Waals surface area contributed by atoms with E-state index in [1.807, 2.05) is 5.38 Å². The van der Waals surface area contributed by atoms with Crippen LogP contribution in [-0.4, -0.2) is 45.8 Å². The number of aromatic nitrogens is 3. The molecule has 4 rings (SSSR count). The zero-order valence-electron chi connectivity index (χ0n) is 18.2. The van der Waals surface area contributed by atoms with Gasteiger partial charge in [0.05, 0.1) is 30.3 Å². The number of methoxy groups -OCH3 is 1. The number of thiazole rings is 1. The number of rotatable bonds is 6. The Kier molecular flexibility index (Phi) is 6.71. The van der Waals surface area contributed by atoms with Crippen molar-refractivity contribution in [3.8, 4) is 11.4 Å². The summed E-state index contributed by atoms with van der Waals surface area (Å²) in [6, 6.07) is 4.69. The first kappa shape index (κ1) is 23.2. The van der Waals surface area contributed by atoms with E-state index in [0.29, 0.717) is 5.13 Å². The van der Waals surface area contributed by atoms with Gasteiger partial charge in [-0.3, -0.25) is 15.0 Å². The number of hydrogen-bond acceptors (Lipinski definition) is 6. The highest BCUT2D eigenvalue weighted by atomic mass is 32.1. The van der Waals surface area contributed by atoms with E-state index in [0.717, 1.165) is 43.4 Å². The minimum atomic E-state index is -4.48. The molecule has 1 aromatic carbocycles. The summed E-state index contributed by atoms with van der Waals surface area (Å²) in [5.74, 6) is 0.339. The summed E-state index contributed by atoms with van der Waals surface area (Å²) >= 11 is 1.31. The summed E-state index contributed by atoms with van der Waals surface area (Å²) in [7, 11) is 1.37. The molecule has 3 heterocycles. The summed E-state index contributed by atoms with van der Waals surface area (Å²) in [5, 5.41) is 9.21. The molecule has 1 N–H and O–H groups in total. The lowest BCUT2D eigenvalue weighted by molar-refractivity contribution is -0.137. The lowest BCUT2D eigenvalue weighted by Gasteiger charge is -2.29. The molecule has 0 aliphatic carbocycles. The Balaban J connectivity index is 1.47. The van der Waals surface area contributed by atoms with E-state index in [-0.39, 0.29) is 17.1 Å². The van der Waals surface area contributed by atoms with E-state index >= 15 is 0 Å². The number of carbonyl (C=O) groups is 1. The number of piperidine rings is 1. The van der Waals surface area contributed by atoms with Gasteiger partial charge in [-0.05, 0) is 50.0 Å². The van der Waals surface area contributed by atoms with Crippen molar-refractivity contribution in [2.75, 3.05) is 25.5 Å². The van der Waals surface area contributed by atoms with Crippen LogP contribution in [-0.2, 0) is 12.7 Å². The van der Waals surface area contributed by atoms with Gasteiger partial charge in [-0.2, -0.15) is 18.3 Å². The Morgan fingerprint density at radius 1 is 1.30 bits per heavy atom. The third kappa shape index (κ3) is 5.53. The molecule has 1 amide bonds. The second kappa shape index (κ2) is 9.52. The topological polar surface area (TPSA) is 72.3 Å². The van der Waals surface area contributed by atoms with Crippen LogP contribution in [0.3, 0.4) is 0 Å². The number of hydrogen-bond donors (Lipinski definition) is 1. The second-order valence-electron chi connectivity index (χ2n) is 8.10. The fourth-order valence-corrected chi connectivity index (χ4v) is 4.36. The van der Waals surface area contributed by atoms with Crippen LogP contribution in [0.5, 0.6) is 5.75 Å². The molecule has 33 heavy (non-hydrogen) atoms. The first-order valence-electron chi connectivity index (χ1n) is 10.5. The molecular formula is C22H24F3N5O2S. The summed E-state index contributed by atoms with van der Waals surface area (Å²) in [6.45, 7) is 5.05. The van der Waals surface area contributed by atoms with Gasteiger partial charge in [0.2, 0.25) is 0 Å². The lowest BCUT2D eigenvalue weighted by Crippen LogP contribution is -2.32. The SMILES string of the molecule is COc1cn(-c2cccc(C(F)(F)F)c2)nc1C(=O)Nc1nc(CN2CCC(C)CC2)cs1. The highest BCUT2D eigenvalue weighted by molar-refractivity contribution is 7.14. The number of anilines is 1. The number of alkyl halides is 3. The maximum absolute atomic E-state index is 13.0. The van der Waals surface area contributed by atoms with Crippen molar-refractivity contribution >= 4 is 22.4 Å². The molecule has 1 aliphatic rings. The normalized spacial score (nSPS) is 15.5. The van der Waals surface area contributed by atoms with E-state index in [4.69, 9.17) is 4.74 Å². The van der Waals surface area contributed by atoms with Crippen molar-refractivity contribution < 1.29 is 22.7 Å². The number of amides is 1. The zero-order chi connectivity index (χ0) is 23.6. The smallest absolute Gasteiger partial charge is 0.416 e. The minimum absolute atomic E-state index is 0.0447. The molecule has 176 valence electrons. The van der Waals surface area contributed by atoms with Crippen molar-refractivity contribution in [2.24, 2.45) is 5.92 Å². The number of likely N-dealkylation sites (tertiary alicyclic amines) is 1. The van der Waals surface area contributed by atoms with Crippen LogP contribution >= 0.6 is 11.3 Å². The molecule has 1 fully saturated rings. The van der Waals surface area contributed by atoms with Crippen LogP contribution in [0, 0.1) is 5.92 Å². The Morgan fingerprint density at radius 2 is 2.06 bits per heavy atom. The fraction of sp³-hybridized carbons (Fsp3) is 0.409. The van der Waals surface area contributed by atoms with Crippen LogP contribution in [0.2, 0.25) is 0 Å². The maximum Gasteiger partial charge on any atom is 0.416 e. The van der Waals surface area contributed by atoms with Crippen LogP contribution in [0.4, 0.5) is 18.3 Å². The number of nitrogens with zero attached hydrogens (tertiary/aromatic N) is 4. The third-order valence-corrected chi connectivity index (χ3v) is 6.39. The molecule has 0 atom stereocenters. The summed E-state index contributed by atoms with van der Waals surface area (Å²) in [4.78, 5) is 19.6. The summed E-state index contributed by atoms with van der Waals surface area (Å²) < 4.78 is 45.6. The van der Waals surface area contributed by atoms with E-state index in [9.17, 15) is 18.0 Å². The average Bonchev–Trinajstić information content (AvgIpc) is 3.42. The largest absolute Gasteiger partial charge is 0.493 e. The molecule has 3 aromatic rings. The van der Waals surface area contributed by atoms with Gasteiger partial charge in [-0.15, -0.1) is 11.3 Å². The first-order valence-corrected chi connectivity index (χ1v) is 11.4. The molecule has 7 nitrogen and oxygen atoms in total. The third-order valence-electron chi connectivity index (χ3n) is 5.59. The van der Waals surface area contributed by atoms with Crippen molar-refractivity contribution in [3.63, 3.8) is 0 Å². The van der Waals surface area contributed by atoms with E-state index in [2.05, 4.69) is 27.2 Å². The standard InChI is InChI=1S/C22H24F3N5O2S/c1-14-6-8-29(9-7-14)11-16-13-33-21(26-16)27-20(31)19-18(32-2)12-30(28-19)17-5-3-4-15(10-17)22(23,24)25/h3-5,10,12-14H,6-9,11H2,1-2H3,(H,26,27,31). The second-order valence-corrected chi connectivity index (χ2v) is 8.95. The van der Waals surface area contributed by atoms with Gasteiger partial charge in [0.25, 0.3) is 5.91 Å². The van der Waals surface area contributed by atoms with Crippen LogP contribution in [0.25, 0.3) is 5.69 Å². The lowest BCUT2D eigenvalue weighted by atomic mass is 9.99. The van der Waals surface area contributed by atoms with Gasteiger partial charge < -0.3 is 4.74 Å². The van der Waals surface area contributed by atoms with E-state index in [1.54, 1.807) is 0 Å². The van der Waals surface area contributed by atoms with Crippen LogP contribution < -0.4 is 10.1 Å². The van der Waals surface area contributed by atoms with Gasteiger partial charge in [0.1, 0.15) is 0 Å². The molecule has 11 heteroatoms. The zero-order valence-corrected chi connectivity index (χ0v) is 19.0. The van der Waals surface area contributed by atoms with Gasteiger partial charge >= 0.3 is 6.18 Å². The quantitative estimate of drug-likeness (QED) is 0.548. The Hall–Kier alpha value is -2.92. The molecule has 0 unspecified atom stereocenters. The van der Waals surface area contributed by atoms with Gasteiger partial charge in [-0.1, -0.05) is 13.0 Å². The summed E-state index contributed by atoms with van der Waals surface area (Å²) in [6.07, 6.45) is -0.776. The Morgan fingerprint density at radius 3 is 2.76 bits per heavy atom. The average molecular weight is 480 g/mol. The maximum atomic E-state index is 13.0. The molecule has 2 aromatic heterocycles. The monoisotopic (exact) mass is 479 g/mol. The van der Waals surface area contributed by atoms with Crippen LogP contribution in [0.15, 0.2) is 35.8 Å². The van der Waals surface area contributed by atoms with Crippen molar-refractivity contribution in [1.82, 2.24) is 19.7 Å². The number of nitrogens with one attached hydrogen (secondary N) is 1. The number of carbonyl (C=O) groups excluding carboxylic acids is 1. The molecule has 1 aliphatic heterocycles. The van der Waals surface area contributed by atoms with Gasteiger partial charge in [0.15, 0.2) is 16.6 Å². The Labute approximate surface area is 193 Å². The fourth-order valence-electron chi connectivity index (χ4n) is 3.66. The summed E-state index contributed by atoms with van der Waals surface area (Å²) in [5.41, 5.74) is 0.191. The molecule has 0 radical (unpaired) electrons. The highest BCUT2D eigenvalue weighted by Crippen LogP contribution is 2.31. The first-order chi connectivity index (χ1) is 15.7. The van der Waals surface area contributed by atoms with Crippen molar-refractivity contribution in [1.29, 1.82) is 0 Å². The van der Waals surface area contributed by atoms with Gasteiger partial charge in [0, 0.05) is 11.9 Å². The molecule has 0 saturated carbocycles. The molecular weight excluding hydrogens is 455 g/mol. The van der Waals surface area contributed by atoms with E-state index < -0.39 is 17.6 Å². The minimum Gasteiger partial charge on any atom is -0.493 e. The van der Waals surface area contributed by atoms with E-state index in [1.165, 1.54) is 54.3 Å².